The molecule has 0 heterocycles. The van der Waals surface area contributed by atoms with Gasteiger partial charge < -0.3 is 11.1 Å². The Labute approximate surface area is 90.8 Å². The minimum absolute atomic E-state index is 0.0151. The molecule has 3 rings (SSSR count). The van der Waals surface area contributed by atoms with Gasteiger partial charge in [-0.2, -0.15) is 0 Å². The highest BCUT2D eigenvalue weighted by Gasteiger charge is 2.65. The van der Waals surface area contributed by atoms with Crippen molar-refractivity contribution in [1.82, 2.24) is 5.32 Å². The van der Waals surface area contributed by atoms with Crippen molar-refractivity contribution >= 4 is 5.91 Å². The molecule has 3 aliphatic carbocycles. The van der Waals surface area contributed by atoms with Gasteiger partial charge in [0.1, 0.15) is 0 Å². The van der Waals surface area contributed by atoms with Crippen LogP contribution in [-0.2, 0) is 4.79 Å². The minimum atomic E-state index is -0.726. The average molecular weight is 208 g/mol. The van der Waals surface area contributed by atoms with E-state index in [4.69, 9.17) is 5.73 Å². The lowest BCUT2D eigenvalue weighted by Crippen LogP contribution is -2.50. The van der Waals surface area contributed by atoms with E-state index < -0.39 is 5.54 Å². The van der Waals surface area contributed by atoms with Crippen molar-refractivity contribution < 1.29 is 4.79 Å². The third-order valence-electron chi connectivity index (χ3n) is 4.62. The summed E-state index contributed by atoms with van der Waals surface area (Å²) in [7, 11) is 0. The van der Waals surface area contributed by atoms with Gasteiger partial charge in [0.05, 0.1) is 5.54 Å². The van der Waals surface area contributed by atoms with E-state index in [-0.39, 0.29) is 5.91 Å². The summed E-state index contributed by atoms with van der Waals surface area (Å²) >= 11 is 0. The van der Waals surface area contributed by atoms with Crippen LogP contribution in [0.15, 0.2) is 0 Å². The largest absolute Gasteiger partial charge is 0.351 e. The van der Waals surface area contributed by atoms with Crippen LogP contribution in [-0.4, -0.2) is 17.5 Å². The number of carbonyl (C=O) groups excluding carboxylic acids is 1. The van der Waals surface area contributed by atoms with Gasteiger partial charge >= 0.3 is 0 Å². The standard InChI is InChI=1S/C12H20N2O/c1-12(2,13)11(15)14-10-8-6-3-4-7(5-6)9(8)10/h6-10H,3-5,13H2,1-2H3,(H,14,15). The molecule has 3 nitrogen and oxygen atoms in total. The fraction of sp³-hybridized carbons (Fsp3) is 0.917. The Kier molecular flexibility index (Phi) is 1.77. The molecule has 2 bridgehead atoms. The van der Waals surface area contributed by atoms with Crippen molar-refractivity contribution in [2.24, 2.45) is 29.4 Å². The Hall–Kier alpha value is -0.570. The quantitative estimate of drug-likeness (QED) is 0.708. The zero-order valence-electron chi connectivity index (χ0n) is 9.49. The van der Waals surface area contributed by atoms with Gasteiger partial charge in [0.2, 0.25) is 5.91 Å². The minimum Gasteiger partial charge on any atom is -0.351 e. The lowest BCUT2D eigenvalue weighted by Gasteiger charge is -2.19. The van der Waals surface area contributed by atoms with E-state index in [1.807, 2.05) is 0 Å². The number of nitrogens with two attached hydrogens (primary N) is 1. The molecular weight excluding hydrogens is 188 g/mol. The van der Waals surface area contributed by atoms with Crippen molar-refractivity contribution in [3.8, 4) is 0 Å². The Bertz CT molecular complexity index is 291. The molecule has 3 fully saturated rings. The number of amides is 1. The van der Waals surface area contributed by atoms with Crippen molar-refractivity contribution in [3.05, 3.63) is 0 Å². The monoisotopic (exact) mass is 208 g/mol. The number of rotatable bonds is 2. The maximum Gasteiger partial charge on any atom is 0.239 e. The highest BCUT2D eigenvalue weighted by Crippen LogP contribution is 2.65. The fourth-order valence-corrected chi connectivity index (χ4v) is 3.86. The molecule has 1 amide bonds. The normalized spacial score (nSPS) is 46.5. The van der Waals surface area contributed by atoms with E-state index in [0.29, 0.717) is 6.04 Å². The maximum atomic E-state index is 11.7. The molecule has 84 valence electrons. The second kappa shape index (κ2) is 2.76. The first-order valence-corrected chi connectivity index (χ1v) is 6.08. The Balaban J connectivity index is 1.62. The van der Waals surface area contributed by atoms with Gasteiger partial charge in [0.25, 0.3) is 0 Å². The predicted molar refractivity (Wildman–Crippen MR) is 58.0 cm³/mol. The van der Waals surface area contributed by atoms with Crippen LogP contribution in [0.3, 0.4) is 0 Å². The molecule has 4 atom stereocenters. The highest BCUT2D eigenvalue weighted by molar-refractivity contribution is 5.85. The zero-order chi connectivity index (χ0) is 10.8. The molecule has 15 heavy (non-hydrogen) atoms. The molecule has 3 heteroatoms. The molecule has 0 aliphatic heterocycles. The lowest BCUT2D eigenvalue weighted by molar-refractivity contribution is -0.125. The molecule has 0 aromatic carbocycles. The van der Waals surface area contributed by atoms with E-state index in [2.05, 4.69) is 5.32 Å². The van der Waals surface area contributed by atoms with Gasteiger partial charge in [0, 0.05) is 6.04 Å². The summed E-state index contributed by atoms with van der Waals surface area (Å²) in [6.45, 7) is 3.55. The van der Waals surface area contributed by atoms with E-state index in [0.717, 1.165) is 23.7 Å². The summed E-state index contributed by atoms with van der Waals surface area (Å²) in [6, 6.07) is 0.464. The first-order valence-electron chi connectivity index (χ1n) is 6.08. The fourth-order valence-electron chi connectivity index (χ4n) is 3.86. The maximum absolute atomic E-state index is 11.7. The summed E-state index contributed by atoms with van der Waals surface area (Å²) in [4.78, 5) is 11.7. The first-order chi connectivity index (χ1) is 6.98. The van der Waals surface area contributed by atoms with Crippen molar-refractivity contribution in [2.75, 3.05) is 0 Å². The summed E-state index contributed by atoms with van der Waals surface area (Å²) < 4.78 is 0. The van der Waals surface area contributed by atoms with E-state index >= 15 is 0 Å². The summed E-state index contributed by atoms with van der Waals surface area (Å²) in [5, 5.41) is 3.13. The van der Waals surface area contributed by atoms with Gasteiger partial charge in [-0.05, 0) is 56.8 Å². The molecule has 0 aromatic rings. The molecule has 0 aromatic heterocycles. The number of nitrogens with one attached hydrogen (secondary N) is 1. The molecule has 3 N–H and O–H groups in total. The molecule has 0 radical (unpaired) electrons. The smallest absolute Gasteiger partial charge is 0.239 e. The van der Waals surface area contributed by atoms with Gasteiger partial charge in [0.15, 0.2) is 0 Å². The van der Waals surface area contributed by atoms with Gasteiger partial charge in [-0.1, -0.05) is 0 Å². The summed E-state index contributed by atoms with van der Waals surface area (Å²) in [6.07, 6.45) is 4.21. The number of hydrogen-bond acceptors (Lipinski definition) is 2. The number of carbonyl (C=O) groups is 1. The van der Waals surface area contributed by atoms with Crippen LogP contribution in [0.2, 0.25) is 0 Å². The van der Waals surface area contributed by atoms with Crippen LogP contribution in [0.5, 0.6) is 0 Å². The Morgan fingerprint density at radius 1 is 1.27 bits per heavy atom. The van der Waals surface area contributed by atoms with Crippen LogP contribution >= 0.6 is 0 Å². The van der Waals surface area contributed by atoms with Crippen molar-refractivity contribution in [1.29, 1.82) is 0 Å². The third-order valence-corrected chi connectivity index (χ3v) is 4.62. The van der Waals surface area contributed by atoms with Crippen LogP contribution in [0.1, 0.15) is 33.1 Å². The van der Waals surface area contributed by atoms with Gasteiger partial charge in [-0.3, -0.25) is 4.79 Å². The highest BCUT2D eigenvalue weighted by atomic mass is 16.2. The summed E-state index contributed by atoms with van der Waals surface area (Å²) in [5.74, 6) is 3.43. The van der Waals surface area contributed by atoms with Crippen molar-refractivity contribution in [2.45, 2.75) is 44.7 Å². The lowest BCUT2D eigenvalue weighted by atomic mass is 10.0. The molecule has 0 saturated heterocycles. The van der Waals surface area contributed by atoms with Gasteiger partial charge in [-0.15, -0.1) is 0 Å². The van der Waals surface area contributed by atoms with Crippen molar-refractivity contribution in [3.63, 3.8) is 0 Å². The number of fused-ring (bicyclic) bond motifs is 5. The average Bonchev–Trinajstić information content (AvgIpc) is 2.57. The molecule has 0 spiro atoms. The topological polar surface area (TPSA) is 55.1 Å². The summed E-state index contributed by atoms with van der Waals surface area (Å²) in [5.41, 5.74) is 5.05. The second-order valence-electron chi connectivity index (χ2n) is 6.21. The Morgan fingerprint density at radius 2 is 1.80 bits per heavy atom. The molecule has 3 saturated carbocycles. The SMILES string of the molecule is CC(C)(N)C(=O)NC1C2C3CCC(C3)C12. The second-order valence-corrected chi connectivity index (χ2v) is 6.21. The van der Waals surface area contributed by atoms with Crippen LogP contribution in [0.4, 0.5) is 0 Å². The van der Waals surface area contributed by atoms with E-state index in [1.165, 1.54) is 19.3 Å². The third kappa shape index (κ3) is 1.32. The first kappa shape index (κ1) is 9.64. The van der Waals surface area contributed by atoms with E-state index in [1.54, 1.807) is 13.8 Å². The predicted octanol–water partition coefficient (Wildman–Crippen LogP) is 0.884. The van der Waals surface area contributed by atoms with Crippen LogP contribution in [0.25, 0.3) is 0 Å². The zero-order valence-corrected chi connectivity index (χ0v) is 9.49. The molecule has 3 aliphatic rings. The van der Waals surface area contributed by atoms with E-state index in [9.17, 15) is 4.79 Å². The molecule has 4 unspecified atom stereocenters. The van der Waals surface area contributed by atoms with Gasteiger partial charge in [-0.25, -0.2) is 0 Å². The number of hydrogen-bond donors (Lipinski definition) is 2. The van der Waals surface area contributed by atoms with Crippen LogP contribution < -0.4 is 11.1 Å². The van der Waals surface area contributed by atoms with Crippen LogP contribution in [0, 0.1) is 23.7 Å². The Morgan fingerprint density at radius 3 is 2.27 bits per heavy atom. The molecular formula is C12H20N2O.